The third-order valence-electron chi connectivity index (χ3n) is 2.88. The second-order valence-electron chi connectivity index (χ2n) is 4.36. The van der Waals surface area contributed by atoms with Crippen LogP contribution in [-0.2, 0) is 12.4 Å². The smallest absolute Gasteiger partial charge is 0.387 e. The lowest BCUT2D eigenvalue weighted by atomic mass is 9.98. The van der Waals surface area contributed by atoms with E-state index in [1.165, 1.54) is 14.0 Å². The molecule has 2 atom stereocenters. The summed E-state index contributed by atoms with van der Waals surface area (Å²) < 4.78 is 75.7. The number of hydrogen-bond acceptors (Lipinski definition) is 2. The Bertz CT molecular complexity index is 436. The summed E-state index contributed by atoms with van der Waals surface area (Å²) in [4.78, 5) is 0. The largest absolute Gasteiger partial charge is 0.416 e. The van der Waals surface area contributed by atoms with Gasteiger partial charge in [0.15, 0.2) is 0 Å². The van der Waals surface area contributed by atoms with Crippen molar-refractivity contribution >= 4 is 0 Å². The molecule has 1 rings (SSSR count). The van der Waals surface area contributed by atoms with E-state index in [-0.39, 0.29) is 6.07 Å². The van der Waals surface area contributed by atoms with Crippen LogP contribution in [0.2, 0.25) is 0 Å². The van der Waals surface area contributed by atoms with Gasteiger partial charge in [0.25, 0.3) is 0 Å². The standard InChI is InChI=1S/C12H13F6NO/c1-6(19-2)10(20)7-3-8(11(13,14)15)5-9(4-7)12(16,17)18/h3-6,10,19-20H,1-2H3. The van der Waals surface area contributed by atoms with Gasteiger partial charge in [-0.15, -0.1) is 0 Å². The van der Waals surface area contributed by atoms with E-state index in [2.05, 4.69) is 5.32 Å². The molecule has 0 saturated carbocycles. The number of likely N-dealkylation sites (N-methyl/N-ethyl adjacent to an activating group) is 1. The predicted molar refractivity (Wildman–Crippen MR) is 59.9 cm³/mol. The lowest BCUT2D eigenvalue weighted by molar-refractivity contribution is -0.143. The minimum Gasteiger partial charge on any atom is -0.387 e. The van der Waals surface area contributed by atoms with Gasteiger partial charge in [-0.2, -0.15) is 26.3 Å². The molecular weight excluding hydrogens is 288 g/mol. The van der Waals surface area contributed by atoms with Crippen molar-refractivity contribution in [3.63, 3.8) is 0 Å². The van der Waals surface area contributed by atoms with Crippen molar-refractivity contribution in [2.45, 2.75) is 31.4 Å². The molecular formula is C12H13F6NO. The lowest BCUT2D eigenvalue weighted by Crippen LogP contribution is -2.29. The Hall–Kier alpha value is -1.28. The Morgan fingerprint density at radius 1 is 0.950 bits per heavy atom. The van der Waals surface area contributed by atoms with Crippen LogP contribution >= 0.6 is 0 Å². The van der Waals surface area contributed by atoms with E-state index in [0.29, 0.717) is 12.1 Å². The summed E-state index contributed by atoms with van der Waals surface area (Å²) in [5.41, 5.74) is -3.32. The molecule has 0 amide bonds. The first-order chi connectivity index (χ1) is 8.96. The van der Waals surface area contributed by atoms with Gasteiger partial charge in [-0.1, -0.05) is 0 Å². The van der Waals surface area contributed by atoms with Gasteiger partial charge in [0.2, 0.25) is 0 Å². The topological polar surface area (TPSA) is 32.3 Å². The van der Waals surface area contributed by atoms with E-state index in [1.807, 2.05) is 0 Å². The number of alkyl halides is 6. The normalized spacial score (nSPS) is 16.1. The Balaban J connectivity index is 3.38. The molecule has 0 radical (unpaired) electrons. The summed E-state index contributed by atoms with van der Waals surface area (Å²) in [6, 6.07) is 0.376. The molecule has 0 bridgehead atoms. The van der Waals surface area contributed by atoms with Crippen molar-refractivity contribution in [2.24, 2.45) is 0 Å². The third kappa shape index (κ3) is 3.86. The van der Waals surface area contributed by atoms with E-state index >= 15 is 0 Å². The van der Waals surface area contributed by atoms with Crippen molar-refractivity contribution < 1.29 is 31.4 Å². The molecule has 0 heterocycles. The molecule has 1 aromatic carbocycles. The van der Waals surface area contributed by atoms with Crippen LogP contribution in [-0.4, -0.2) is 18.2 Å². The fourth-order valence-electron chi connectivity index (χ4n) is 1.60. The van der Waals surface area contributed by atoms with Gasteiger partial charge in [-0.25, -0.2) is 0 Å². The number of aliphatic hydroxyl groups is 1. The molecule has 0 aromatic heterocycles. The number of aliphatic hydroxyl groups excluding tert-OH is 1. The minimum absolute atomic E-state index is 0.0280. The Morgan fingerprint density at radius 2 is 1.35 bits per heavy atom. The molecule has 0 spiro atoms. The maximum absolute atomic E-state index is 12.6. The van der Waals surface area contributed by atoms with Crippen LogP contribution in [0.4, 0.5) is 26.3 Å². The molecule has 2 unspecified atom stereocenters. The summed E-state index contributed by atoms with van der Waals surface area (Å²) in [7, 11) is 1.44. The summed E-state index contributed by atoms with van der Waals surface area (Å²) in [6.07, 6.45) is -11.3. The number of hydrogen-bond donors (Lipinski definition) is 2. The molecule has 0 aliphatic carbocycles. The lowest BCUT2D eigenvalue weighted by Gasteiger charge is -2.21. The van der Waals surface area contributed by atoms with Crippen LogP contribution in [0.5, 0.6) is 0 Å². The molecule has 0 fully saturated rings. The highest BCUT2D eigenvalue weighted by Gasteiger charge is 2.37. The highest BCUT2D eigenvalue weighted by atomic mass is 19.4. The second kappa shape index (κ2) is 5.61. The fraction of sp³-hybridized carbons (Fsp3) is 0.500. The van der Waals surface area contributed by atoms with Gasteiger partial charge in [-0.05, 0) is 37.7 Å². The molecule has 20 heavy (non-hydrogen) atoms. The van der Waals surface area contributed by atoms with E-state index in [4.69, 9.17) is 0 Å². The molecule has 2 N–H and O–H groups in total. The van der Waals surface area contributed by atoms with Crippen LogP contribution in [0.1, 0.15) is 29.7 Å². The summed E-state index contributed by atoms with van der Waals surface area (Å²) in [5.74, 6) is 0. The quantitative estimate of drug-likeness (QED) is 0.839. The van der Waals surface area contributed by atoms with Gasteiger partial charge in [0, 0.05) is 6.04 Å². The van der Waals surface area contributed by atoms with Gasteiger partial charge >= 0.3 is 12.4 Å². The van der Waals surface area contributed by atoms with Crippen LogP contribution in [0, 0.1) is 0 Å². The molecule has 0 saturated heterocycles. The Morgan fingerprint density at radius 3 is 1.65 bits per heavy atom. The number of nitrogens with one attached hydrogen (secondary N) is 1. The molecule has 8 heteroatoms. The third-order valence-corrected chi connectivity index (χ3v) is 2.88. The molecule has 0 aliphatic heterocycles. The maximum atomic E-state index is 12.6. The zero-order valence-electron chi connectivity index (χ0n) is 10.6. The number of benzene rings is 1. The fourth-order valence-corrected chi connectivity index (χ4v) is 1.60. The maximum Gasteiger partial charge on any atom is 0.416 e. The predicted octanol–water partition coefficient (Wildman–Crippen LogP) is 3.37. The summed E-state index contributed by atoms with van der Waals surface area (Å²) in [5, 5.41) is 12.3. The number of rotatable bonds is 3. The van der Waals surface area contributed by atoms with Crippen molar-refractivity contribution in [3.05, 3.63) is 34.9 Å². The van der Waals surface area contributed by atoms with Gasteiger partial charge in [0.1, 0.15) is 0 Å². The highest BCUT2D eigenvalue weighted by Crippen LogP contribution is 2.37. The Kier molecular flexibility index (Phi) is 4.70. The SMILES string of the molecule is CNC(C)C(O)c1cc(C(F)(F)F)cc(C(F)(F)F)c1. The molecule has 2 nitrogen and oxygen atoms in total. The molecule has 1 aromatic rings. The Labute approximate surface area is 111 Å². The van der Waals surface area contributed by atoms with Crippen LogP contribution in [0.15, 0.2) is 18.2 Å². The average molecular weight is 301 g/mol. The van der Waals surface area contributed by atoms with Crippen molar-refractivity contribution in [3.8, 4) is 0 Å². The summed E-state index contributed by atoms with van der Waals surface area (Å²) in [6.45, 7) is 1.44. The van der Waals surface area contributed by atoms with Crippen molar-refractivity contribution in [1.29, 1.82) is 0 Å². The first-order valence-electron chi connectivity index (χ1n) is 5.61. The van der Waals surface area contributed by atoms with E-state index in [1.54, 1.807) is 0 Å². The zero-order chi connectivity index (χ0) is 15.7. The van der Waals surface area contributed by atoms with E-state index in [9.17, 15) is 31.4 Å². The highest BCUT2D eigenvalue weighted by molar-refractivity contribution is 5.35. The molecule has 114 valence electrons. The first kappa shape index (κ1) is 16.8. The van der Waals surface area contributed by atoms with E-state index in [0.717, 1.165) is 0 Å². The zero-order valence-corrected chi connectivity index (χ0v) is 10.6. The van der Waals surface area contributed by atoms with Gasteiger partial charge < -0.3 is 10.4 Å². The van der Waals surface area contributed by atoms with Gasteiger partial charge in [0.05, 0.1) is 17.2 Å². The number of halogens is 6. The second-order valence-corrected chi connectivity index (χ2v) is 4.36. The minimum atomic E-state index is -4.92. The van der Waals surface area contributed by atoms with Crippen molar-refractivity contribution in [2.75, 3.05) is 7.05 Å². The van der Waals surface area contributed by atoms with Gasteiger partial charge in [-0.3, -0.25) is 0 Å². The van der Waals surface area contributed by atoms with Crippen molar-refractivity contribution in [1.82, 2.24) is 5.32 Å². The van der Waals surface area contributed by atoms with Crippen LogP contribution < -0.4 is 5.32 Å². The van der Waals surface area contributed by atoms with Crippen LogP contribution in [0.3, 0.4) is 0 Å². The monoisotopic (exact) mass is 301 g/mol. The average Bonchev–Trinajstić information content (AvgIpc) is 2.34. The first-order valence-corrected chi connectivity index (χ1v) is 5.61. The summed E-state index contributed by atoms with van der Waals surface area (Å²) >= 11 is 0. The molecule has 0 aliphatic rings. The van der Waals surface area contributed by atoms with E-state index < -0.39 is 41.2 Å². The van der Waals surface area contributed by atoms with Crippen LogP contribution in [0.25, 0.3) is 0 Å².